The van der Waals surface area contributed by atoms with Crippen LogP contribution >= 0.6 is 0 Å². The number of rotatable bonds is 6. The molecule has 0 radical (unpaired) electrons. The van der Waals surface area contributed by atoms with Crippen molar-refractivity contribution < 1.29 is 28.9 Å². The fourth-order valence-electron chi connectivity index (χ4n) is 3.86. The van der Waals surface area contributed by atoms with Crippen molar-refractivity contribution in [1.82, 2.24) is 9.55 Å². The molecule has 0 spiro atoms. The van der Waals surface area contributed by atoms with Crippen molar-refractivity contribution >= 4 is 11.6 Å². The van der Waals surface area contributed by atoms with Crippen LogP contribution in [0.5, 0.6) is 0 Å². The molecule has 0 aliphatic carbocycles. The van der Waals surface area contributed by atoms with Gasteiger partial charge in [0, 0.05) is 17.5 Å². The summed E-state index contributed by atoms with van der Waals surface area (Å²) in [6.07, 6.45) is -4.49. The Morgan fingerprint density at radius 3 is 2.03 bits per heavy atom. The van der Waals surface area contributed by atoms with Crippen LogP contribution in [0.2, 0.25) is 0 Å². The molecular weight excluding hydrogens is 435 g/mol. The molecule has 1 aromatic heterocycles. The van der Waals surface area contributed by atoms with Gasteiger partial charge in [-0.3, -0.25) is 23.9 Å². The Bertz CT molecular complexity index is 1250. The third kappa shape index (κ3) is 3.95. The molecular formula is C23H19FN2O7. The van der Waals surface area contributed by atoms with Gasteiger partial charge in [0.15, 0.2) is 0 Å². The molecule has 10 heteroatoms. The zero-order valence-corrected chi connectivity index (χ0v) is 17.1. The number of nitrogens with zero attached hydrogens (tertiary/aromatic N) is 1. The highest BCUT2D eigenvalue weighted by molar-refractivity contribution is 6.23. The Morgan fingerprint density at radius 2 is 1.52 bits per heavy atom. The molecule has 3 N–H and O–H groups in total. The largest absolute Gasteiger partial charge is 0.390 e. The number of hydrogen-bond donors (Lipinski definition) is 3. The van der Waals surface area contributed by atoms with Gasteiger partial charge in [0.1, 0.15) is 12.3 Å². The molecule has 2 heterocycles. The molecule has 0 unspecified atom stereocenters. The van der Waals surface area contributed by atoms with E-state index in [1.54, 1.807) is 17.1 Å². The van der Waals surface area contributed by atoms with E-state index in [9.17, 15) is 33.8 Å². The third-order valence-corrected chi connectivity index (χ3v) is 5.51. The van der Waals surface area contributed by atoms with Gasteiger partial charge in [0.05, 0.1) is 12.3 Å². The number of aromatic amines is 1. The average molecular weight is 454 g/mol. The first-order valence-corrected chi connectivity index (χ1v) is 10.00. The smallest absolute Gasteiger partial charge is 0.330 e. The average Bonchev–Trinajstić information content (AvgIpc) is 3.22. The highest BCUT2D eigenvalue weighted by Crippen LogP contribution is 2.37. The zero-order chi connectivity index (χ0) is 23.8. The number of H-pyrrole nitrogens is 1. The Hall–Kier alpha value is -3.73. The zero-order valence-electron chi connectivity index (χ0n) is 17.1. The van der Waals surface area contributed by atoms with Crippen LogP contribution in [0, 0.1) is 5.82 Å². The van der Waals surface area contributed by atoms with Gasteiger partial charge in [-0.1, -0.05) is 60.7 Å². The van der Waals surface area contributed by atoms with E-state index in [0.29, 0.717) is 10.8 Å². The van der Waals surface area contributed by atoms with Crippen molar-refractivity contribution in [1.29, 1.82) is 0 Å². The number of benzene rings is 2. The number of aliphatic hydroxyl groups excluding tert-OH is 1. The number of aromatic nitrogens is 2. The van der Waals surface area contributed by atoms with Crippen molar-refractivity contribution in [2.75, 3.05) is 0 Å². The van der Waals surface area contributed by atoms with Crippen LogP contribution in [0.4, 0.5) is 4.39 Å². The molecule has 3 atom stereocenters. The highest BCUT2D eigenvalue weighted by atomic mass is 19.1. The fourth-order valence-corrected chi connectivity index (χ4v) is 3.86. The lowest BCUT2D eigenvalue weighted by atomic mass is 9.79. The van der Waals surface area contributed by atoms with Gasteiger partial charge in [0.2, 0.25) is 23.0 Å². The number of aliphatic hydroxyl groups is 2. The van der Waals surface area contributed by atoms with Crippen LogP contribution in [-0.2, 0) is 4.74 Å². The van der Waals surface area contributed by atoms with Crippen molar-refractivity contribution in [2.45, 2.75) is 30.5 Å². The second-order valence-corrected chi connectivity index (χ2v) is 7.61. The molecule has 9 nitrogen and oxygen atoms in total. The number of nitrogens with one attached hydrogen (secondary N) is 1. The van der Waals surface area contributed by atoms with Gasteiger partial charge in [-0.2, -0.15) is 4.39 Å². The molecule has 170 valence electrons. The molecule has 1 saturated heterocycles. The van der Waals surface area contributed by atoms with E-state index in [2.05, 4.69) is 0 Å². The maximum Gasteiger partial charge on any atom is 0.330 e. The van der Waals surface area contributed by atoms with Gasteiger partial charge >= 0.3 is 5.69 Å². The molecule has 0 amide bonds. The normalized spacial score (nSPS) is 20.5. The molecule has 1 fully saturated rings. The Kier molecular flexibility index (Phi) is 5.90. The third-order valence-electron chi connectivity index (χ3n) is 5.51. The second kappa shape index (κ2) is 8.66. The molecule has 2 aromatic carbocycles. The van der Waals surface area contributed by atoms with Gasteiger partial charge < -0.3 is 14.9 Å². The van der Waals surface area contributed by atoms with Crippen LogP contribution in [0.25, 0.3) is 0 Å². The van der Waals surface area contributed by atoms with Crippen LogP contribution in [0.1, 0.15) is 33.4 Å². The van der Waals surface area contributed by atoms with Crippen molar-refractivity contribution in [3.05, 3.63) is 105 Å². The number of halogens is 1. The van der Waals surface area contributed by atoms with Crippen LogP contribution < -0.4 is 11.2 Å². The first-order chi connectivity index (χ1) is 15.7. The van der Waals surface area contributed by atoms with Gasteiger partial charge in [-0.05, 0) is 0 Å². The monoisotopic (exact) mass is 454 g/mol. The molecule has 1 aliphatic rings. The van der Waals surface area contributed by atoms with E-state index in [1.165, 1.54) is 48.5 Å². The molecule has 0 bridgehead atoms. The quantitative estimate of drug-likeness (QED) is 0.370. The van der Waals surface area contributed by atoms with E-state index in [-0.39, 0.29) is 17.5 Å². The first-order valence-electron chi connectivity index (χ1n) is 10.00. The Morgan fingerprint density at radius 1 is 1.00 bits per heavy atom. The standard InChI is InChI=1S/C23H19FN2O7/c24-15-12-26(22(31)25-21(15)30)17-11-16(27)20(33-17)23(32,18(28)13-7-3-1-4-8-13)19(29)14-9-5-2-6-10-14/h1-10,12,16-17,20,27,32H,11H2,(H,25,30,31)/t16-,17+,20-/m0/s1. The molecule has 3 aromatic rings. The summed E-state index contributed by atoms with van der Waals surface area (Å²) in [4.78, 5) is 52.0. The van der Waals surface area contributed by atoms with Crippen molar-refractivity contribution in [3.8, 4) is 0 Å². The number of carbonyl (C=O) groups is 2. The topological polar surface area (TPSA) is 139 Å². The van der Waals surface area contributed by atoms with E-state index in [0.717, 1.165) is 0 Å². The van der Waals surface area contributed by atoms with E-state index in [4.69, 9.17) is 4.74 Å². The van der Waals surface area contributed by atoms with Crippen LogP contribution in [0.15, 0.2) is 76.4 Å². The van der Waals surface area contributed by atoms with Crippen LogP contribution in [-0.4, -0.2) is 49.1 Å². The predicted octanol–water partition coefficient (Wildman–Crippen LogP) is 0.821. The minimum absolute atomic E-state index is 0.00390. The van der Waals surface area contributed by atoms with Gasteiger partial charge in [-0.25, -0.2) is 4.79 Å². The lowest BCUT2D eigenvalue weighted by Crippen LogP contribution is -2.59. The Balaban J connectivity index is 1.78. The number of hydrogen-bond acceptors (Lipinski definition) is 7. The van der Waals surface area contributed by atoms with Gasteiger partial charge in [0.25, 0.3) is 5.56 Å². The molecule has 33 heavy (non-hydrogen) atoms. The number of ketones is 2. The summed E-state index contributed by atoms with van der Waals surface area (Å²) < 4.78 is 20.1. The minimum atomic E-state index is -2.86. The predicted molar refractivity (Wildman–Crippen MR) is 112 cm³/mol. The summed E-state index contributed by atoms with van der Waals surface area (Å²) >= 11 is 0. The number of carbonyl (C=O) groups excluding carboxylic acids is 2. The lowest BCUT2D eigenvalue weighted by molar-refractivity contribution is -0.103. The maximum absolute atomic E-state index is 13.8. The summed E-state index contributed by atoms with van der Waals surface area (Å²) in [7, 11) is 0. The number of Topliss-reactive ketones (excluding diaryl/α,β-unsaturated/α-hetero) is 2. The van der Waals surface area contributed by atoms with Crippen LogP contribution in [0.3, 0.4) is 0 Å². The number of ether oxygens (including phenoxy) is 1. The minimum Gasteiger partial charge on any atom is -0.390 e. The van der Waals surface area contributed by atoms with E-state index in [1.807, 2.05) is 0 Å². The fraction of sp³-hybridized carbons (Fsp3) is 0.217. The van der Waals surface area contributed by atoms with E-state index >= 15 is 0 Å². The summed E-state index contributed by atoms with van der Waals surface area (Å²) in [6, 6.07) is 15.0. The molecule has 4 rings (SSSR count). The SMILES string of the molecule is O=C(c1ccccc1)C(O)(C(=O)c1ccccc1)[C@H]1O[C@@H](n2cc(F)c(=O)[nH]c2=O)C[C@@H]1O. The second-order valence-electron chi connectivity index (χ2n) is 7.61. The summed E-state index contributed by atoms with van der Waals surface area (Å²) in [6.45, 7) is 0. The highest BCUT2D eigenvalue weighted by Gasteiger charge is 2.58. The Labute approximate surface area is 185 Å². The molecule has 1 aliphatic heterocycles. The summed E-state index contributed by atoms with van der Waals surface area (Å²) in [5.74, 6) is -3.30. The maximum atomic E-state index is 13.8. The van der Waals surface area contributed by atoms with Crippen molar-refractivity contribution in [3.63, 3.8) is 0 Å². The summed E-state index contributed by atoms with van der Waals surface area (Å²) in [5, 5.41) is 22.2. The lowest BCUT2D eigenvalue weighted by Gasteiger charge is -2.32. The summed E-state index contributed by atoms with van der Waals surface area (Å²) in [5.41, 5.74) is -5.12. The van der Waals surface area contributed by atoms with Gasteiger partial charge in [-0.15, -0.1) is 0 Å². The first kappa shape index (κ1) is 22.5. The van der Waals surface area contributed by atoms with Crippen molar-refractivity contribution in [2.24, 2.45) is 0 Å². The molecule has 0 saturated carbocycles. The van der Waals surface area contributed by atoms with E-state index < -0.39 is 52.7 Å².